The van der Waals surface area contributed by atoms with Crippen LogP contribution in [0.3, 0.4) is 0 Å². The molecule has 2 aromatic rings. The third kappa shape index (κ3) is 3.91. The number of β-amino-alcohol motifs (C(OH)–C–C–N with tert-alkyl or cyclic N) is 1. The minimum Gasteiger partial charge on any atom is -0.438 e. The number of hydrogen-bond donors (Lipinski definition) is 2. The molecule has 2 saturated heterocycles. The molecule has 0 radical (unpaired) electrons. The number of aryl methyl sites for hydroxylation is 1. The number of benzene rings is 2. The summed E-state index contributed by atoms with van der Waals surface area (Å²) in [7, 11) is -4.06. The third-order valence-electron chi connectivity index (χ3n) is 8.25. The first-order valence-corrected chi connectivity index (χ1v) is 14.2. The van der Waals surface area contributed by atoms with Gasteiger partial charge in [-0.05, 0) is 50.5 Å². The van der Waals surface area contributed by atoms with Crippen LogP contribution in [0.1, 0.15) is 31.2 Å². The molecule has 10 nitrogen and oxygen atoms in total. The molecule has 0 bridgehead atoms. The predicted octanol–water partition coefficient (Wildman–Crippen LogP) is 1.96. The maximum Gasteiger partial charge on any atom is 0.408 e. The van der Waals surface area contributed by atoms with E-state index in [0.717, 1.165) is 27.6 Å². The lowest BCUT2D eigenvalue weighted by atomic mass is 9.65. The van der Waals surface area contributed by atoms with E-state index < -0.39 is 51.0 Å². The van der Waals surface area contributed by atoms with Crippen molar-refractivity contribution in [1.82, 2.24) is 9.62 Å². The molecular formula is C27H29N3O7S. The molecule has 200 valence electrons. The Hall–Kier alpha value is -3.28. The zero-order chi connectivity index (χ0) is 26.9. The zero-order valence-corrected chi connectivity index (χ0v) is 21.7. The molecule has 2 N–H and O–H groups in total. The average molecular weight is 540 g/mol. The molecule has 6 rings (SSSR count). The Balaban J connectivity index is 1.36. The lowest BCUT2D eigenvalue weighted by Gasteiger charge is -2.46. The molecule has 4 aliphatic rings. The van der Waals surface area contributed by atoms with Crippen LogP contribution in [-0.4, -0.2) is 66.1 Å². The van der Waals surface area contributed by atoms with E-state index in [2.05, 4.69) is 5.32 Å². The van der Waals surface area contributed by atoms with Gasteiger partial charge in [-0.2, -0.15) is 4.31 Å². The van der Waals surface area contributed by atoms with Gasteiger partial charge >= 0.3 is 6.09 Å². The van der Waals surface area contributed by atoms with Gasteiger partial charge in [0.15, 0.2) is 5.60 Å². The largest absolute Gasteiger partial charge is 0.438 e. The molecule has 2 aromatic carbocycles. The number of alkyl carbamates (subject to hydrolysis) is 1. The van der Waals surface area contributed by atoms with E-state index in [-0.39, 0.29) is 36.9 Å². The van der Waals surface area contributed by atoms with E-state index in [1.54, 1.807) is 42.5 Å². The number of nitrogens with zero attached hydrogens (tertiary/aromatic N) is 2. The van der Waals surface area contributed by atoms with Crippen molar-refractivity contribution in [3.05, 3.63) is 60.2 Å². The Morgan fingerprint density at radius 3 is 2.24 bits per heavy atom. The summed E-state index contributed by atoms with van der Waals surface area (Å²) in [6, 6.07) is 14.9. The number of ether oxygens (including phenoxy) is 1. The fraction of sp³-hybridized carbons (Fsp3) is 0.444. The number of para-hydroxylation sites is 1. The second kappa shape index (κ2) is 8.62. The van der Waals surface area contributed by atoms with E-state index >= 15 is 0 Å². The SMILES string of the molecule is Cc1ccc(S(=O)(=O)N2C[C@]3(O)C[C@@H]4C(=O)N(c5ccccc5)C(=O)[C@@H]4C[C@]3(OC(=O)NC3CC3)C2)cc1. The van der Waals surface area contributed by atoms with Gasteiger partial charge in [0.05, 0.1) is 29.0 Å². The van der Waals surface area contributed by atoms with Crippen LogP contribution in [-0.2, 0) is 24.3 Å². The quantitative estimate of drug-likeness (QED) is 0.555. The molecule has 2 saturated carbocycles. The van der Waals surface area contributed by atoms with E-state index in [1.807, 2.05) is 6.92 Å². The first kappa shape index (κ1) is 25.0. The summed E-state index contributed by atoms with van der Waals surface area (Å²) in [4.78, 5) is 41.0. The molecule has 0 spiro atoms. The van der Waals surface area contributed by atoms with Gasteiger partial charge in [0.2, 0.25) is 21.8 Å². The van der Waals surface area contributed by atoms with Gasteiger partial charge in [-0.25, -0.2) is 13.2 Å². The van der Waals surface area contributed by atoms with Crippen molar-refractivity contribution >= 4 is 33.6 Å². The fourth-order valence-electron chi connectivity index (χ4n) is 6.02. The number of amides is 3. The Labute approximate surface area is 220 Å². The van der Waals surface area contributed by atoms with Crippen LogP contribution >= 0.6 is 0 Å². The van der Waals surface area contributed by atoms with Crippen LogP contribution in [0.2, 0.25) is 0 Å². The number of aliphatic hydroxyl groups is 1. The molecule has 0 unspecified atom stereocenters. The first-order valence-electron chi connectivity index (χ1n) is 12.7. The Morgan fingerprint density at radius 2 is 1.61 bits per heavy atom. The maximum atomic E-state index is 13.6. The van der Waals surface area contributed by atoms with Gasteiger partial charge < -0.3 is 15.2 Å². The topological polar surface area (TPSA) is 133 Å². The number of carbonyl (C=O) groups excluding carboxylic acids is 3. The molecule has 2 heterocycles. The summed E-state index contributed by atoms with van der Waals surface area (Å²) >= 11 is 0. The molecule has 2 aliphatic carbocycles. The van der Waals surface area contributed by atoms with Crippen molar-refractivity contribution in [3.63, 3.8) is 0 Å². The summed E-state index contributed by atoms with van der Waals surface area (Å²) in [5.41, 5.74) is -2.25. The molecule has 11 heteroatoms. The Bertz CT molecular complexity index is 1410. The molecular weight excluding hydrogens is 510 g/mol. The van der Waals surface area contributed by atoms with Gasteiger partial charge in [0, 0.05) is 19.0 Å². The molecule has 4 atom stereocenters. The van der Waals surface area contributed by atoms with E-state index in [9.17, 15) is 27.9 Å². The van der Waals surface area contributed by atoms with Crippen molar-refractivity contribution < 1.29 is 32.6 Å². The number of nitrogens with one attached hydrogen (secondary N) is 1. The Morgan fingerprint density at radius 1 is 0.974 bits per heavy atom. The van der Waals surface area contributed by atoms with Crippen LogP contribution in [0.4, 0.5) is 10.5 Å². The second-order valence-corrected chi connectivity index (χ2v) is 12.8. The summed E-state index contributed by atoms with van der Waals surface area (Å²) in [6.45, 7) is 1.15. The van der Waals surface area contributed by atoms with Crippen LogP contribution in [0.25, 0.3) is 0 Å². The zero-order valence-electron chi connectivity index (χ0n) is 20.9. The highest BCUT2D eigenvalue weighted by atomic mass is 32.2. The third-order valence-corrected chi connectivity index (χ3v) is 10.1. The maximum absolute atomic E-state index is 13.6. The number of sulfonamides is 1. The van der Waals surface area contributed by atoms with Crippen molar-refractivity contribution in [2.45, 2.75) is 54.7 Å². The number of carbonyl (C=O) groups is 3. The van der Waals surface area contributed by atoms with E-state index in [4.69, 9.17) is 4.74 Å². The van der Waals surface area contributed by atoms with Crippen molar-refractivity contribution in [1.29, 1.82) is 0 Å². The highest BCUT2D eigenvalue weighted by Gasteiger charge is 2.70. The molecule has 2 aliphatic heterocycles. The number of fused-ring (bicyclic) bond motifs is 2. The minimum atomic E-state index is -4.06. The van der Waals surface area contributed by atoms with E-state index in [0.29, 0.717) is 5.69 Å². The number of imide groups is 1. The molecule has 0 aromatic heterocycles. The van der Waals surface area contributed by atoms with Gasteiger partial charge in [0.1, 0.15) is 5.60 Å². The highest BCUT2D eigenvalue weighted by molar-refractivity contribution is 7.89. The van der Waals surface area contributed by atoms with Gasteiger partial charge in [-0.3, -0.25) is 14.5 Å². The van der Waals surface area contributed by atoms with Gasteiger partial charge in [0.25, 0.3) is 0 Å². The molecule has 3 amide bonds. The van der Waals surface area contributed by atoms with Crippen LogP contribution in [0.15, 0.2) is 59.5 Å². The van der Waals surface area contributed by atoms with Crippen LogP contribution in [0.5, 0.6) is 0 Å². The van der Waals surface area contributed by atoms with Gasteiger partial charge in [-0.1, -0.05) is 35.9 Å². The smallest absolute Gasteiger partial charge is 0.408 e. The highest BCUT2D eigenvalue weighted by Crippen LogP contribution is 2.54. The monoisotopic (exact) mass is 539 g/mol. The summed E-state index contributed by atoms with van der Waals surface area (Å²) in [5.74, 6) is -2.62. The van der Waals surface area contributed by atoms with Crippen LogP contribution in [0, 0.1) is 18.8 Å². The average Bonchev–Trinajstić information content (AvgIpc) is 3.59. The minimum absolute atomic E-state index is 0.0274. The first-order chi connectivity index (χ1) is 18.0. The normalized spacial score (nSPS) is 31.2. The number of rotatable bonds is 5. The van der Waals surface area contributed by atoms with Crippen LogP contribution < -0.4 is 10.2 Å². The lowest BCUT2D eigenvalue weighted by Crippen LogP contribution is -2.62. The number of anilines is 1. The summed E-state index contributed by atoms with van der Waals surface area (Å²) in [5, 5.41) is 14.7. The predicted molar refractivity (Wildman–Crippen MR) is 135 cm³/mol. The standard InChI is InChI=1S/C27H29N3O7S/c1-17-7-11-20(12-8-17)38(35,36)29-15-26(34)13-21-22(14-27(26,16-29)37-25(33)28-18-9-10-18)24(32)30(23(21)31)19-5-3-2-4-6-19/h2-8,11-12,18,21-22,34H,9-10,13-16H2,1H3,(H,28,33)/t21-,22+,26+,27-/m0/s1. The summed E-state index contributed by atoms with van der Waals surface area (Å²) < 4.78 is 34.1. The van der Waals surface area contributed by atoms with Crippen molar-refractivity contribution in [3.8, 4) is 0 Å². The van der Waals surface area contributed by atoms with E-state index in [1.165, 1.54) is 12.1 Å². The lowest BCUT2D eigenvalue weighted by molar-refractivity contribution is -0.170. The molecule has 38 heavy (non-hydrogen) atoms. The van der Waals surface area contributed by atoms with Gasteiger partial charge in [-0.15, -0.1) is 0 Å². The number of hydrogen-bond acceptors (Lipinski definition) is 7. The molecule has 4 fully saturated rings. The summed E-state index contributed by atoms with van der Waals surface area (Å²) in [6.07, 6.45) is 0.478. The second-order valence-electron chi connectivity index (χ2n) is 10.9. The van der Waals surface area contributed by atoms with Crippen molar-refractivity contribution in [2.75, 3.05) is 18.0 Å². The Kier molecular flexibility index (Phi) is 5.68. The fourth-order valence-corrected chi connectivity index (χ4v) is 7.56. The van der Waals surface area contributed by atoms with Crippen molar-refractivity contribution in [2.24, 2.45) is 11.8 Å².